The third-order valence-corrected chi connectivity index (χ3v) is 3.27. The van der Waals surface area contributed by atoms with E-state index in [2.05, 4.69) is 32.2 Å². The van der Waals surface area contributed by atoms with Gasteiger partial charge in [-0.05, 0) is 44.7 Å². The van der Waals surface area contributed by atoms with E-state index in [1.165, 1.54) is 12.0 Å². The van der Waals surface area contributed by atoms with Gasteiger partial charge in [-0.25, -0.2) is 0 Å². The molecule has 3 nitrogen and oxygen atoms in total. The van der Waals surface area contributed by atoms with Crippen molar-refractivity contribution in [1.29, 1.82) is 0 Å². The van der Waals surface area contributed by atoms with E-state index in [4.69, 9.17) is 9.47 Å². The van der Waals surface area contributed by atoms with Gasteiger partial charge < -0.3 is 14.8 Å². The van der Waals surface area contributed by atoms with E-state index in [-0.39, 0.29) is 0 Å². The second kappa shape index (κ2) is 10.5. The zero-order valence-corrected chi connectivity index (χ0v) is 14.1. The largest absolute Gasteiger partial charge is 0.490 e. The third kappa shape index (κ3) is 6.85. The summed E-state index contributed by atoms with van der Waals surface area (Å²) in [6, 6.07) is 6.14. The van der Waals surface area contributed by atoms with Gasteiger partial charge in [-0.2, -0.15) is 0 Å². The first kappa shape index (κ1) is 17.8. The summed E-state index contributed by atoms with van der Waals surface area (Å²) in [4.78, 5) is 0. The lowest BCUT2D eigenvalue weighted by molar-refractivity contribution is 0.264. The molecule has 1 aromatic rings. The third-order valence-electron chi connectivity index (χ3n) is 3.27. The molecular formula is C18H31NO2. The van der Waals surface area contributed by atoms with Crippen molar-refractivity contribution in [2.75, 3.05) is 19.8 Å². The molecule has 0 unspecified atom stereocenters. The molecule has 1 aromatic carbocycles. The Balaban J connectivity index is 2.69. The molecule has 0 saturated carbocycles. The van der Waals surface area contributed by atoms with Crippen LogP contribution in [0.3, 0.4) is 0 Å². The predicted molar refractivity (Wildman–Crippen MR) is 89.2 cm³/mol. The van der Waals surface area contributed by atoms with Crippen LogP contribution in [0.25, 0.3) is 0 Å². The van der Waals surface area contributed by atoms with Gasteiger partial charge in [0, 0.05) is 12.1 Å². The van der Waals surface area contributed by atoms with Crippen LogP contribution in [-0.4, -0.2) is 19.8 Å². The molecule has 1 rings (SSSR count). The van der Waals surface area contributed by atoms with E-state index in [9.17, 15) is 0 Å². The van der Waals surface area contributed by atoms with Crippen LogP contribution in [0.4, 0.5) is 0 Å². The van der Waals surface area contributed by atoms with Crippen molar-refractivity contribution in [3.05, 3.63) is 23.8 Å². The Hall–Kier alpha value is -1.22. The Labute approximate surface area is 130 Å². The van der Waals surface area contributed by atoms with Gasteiger partial charge in [-0.3, -0.25) is 0 Å². The van der Waals surface area contributed by atoms with Gasteiger partial charge in [-0.1, -0.05) is 32.9 Å². The zero-order valence-electron chi connectivity index (χ0n) is 14.1. The van der Waals surface area contributed by atoms with Gasteiger partial charge >= 0.3 is 0 Å². The van der Waals surface area contributed by atoms with E-state index < -0.39 is 0 Å². The van der Waals surface area contributed by atoms with E-state index in [0.717, 1.165) is 50.0 Å². The summed E-state index contributed by atoms with van der Waals surface area (Å²) in [6.07, 6.45) is 3.41. The van der Waals surface area contributed by atoms with Crippen molar-refractivity contribution in [3.8, 4) is 11.5 Å². The Morgan fingerprint density at radius 2 is 1.95 bits per heavy atom. The summed E-state index contributed by atoms with van der Waals surface area (Å²) in [7, 11) is 0. The van der Waals surface area contributed by atoms with Gasteiger partial charge in [0.05, 0.1) is 13.2 Å². The lowest BCUT2D eigenvalue weighted by Gasteiger charge is -2.16. The Morgan fingerprint density at radius 1 is 1.14 bits per heavy atom. The van der Waals surface area contributed by atoms with E-state index in [0.29, 0.717) is 6.61 Å². The minimum absolute atomic E-state index is 0.661. The Bertz CT molecular complexity index is 391. The fraction of sp³-hybridized carbons (Fsp3) is 0.667. The molecule has 120 valence electrons. The number of benzene rings is 1. The number of rotatable bonds is 11. The van der Waals surface area contributed by atoms with Crippen LogP contribution in [0, 0.1) is 5.92 Å². The molecule has 0 aliphatic heterocycles. The summed E-state index contributed by atoms with van der Waals surface area (Å²) >= 11 is 0. The molecule has 0 aliphatic carbocycles. The smallest absolute Gasteiger partial charge is 0.165 e. The number of nitrogens with one attached hydrogen (secondary N) is 1. The molecule has 0 heterocycles. The number of ether oxygens (including phenoxy) is 2. The predicted octanol–water partition coefficient (Wildman–Crippen LogP) is 4.40. The molecule has 1 N–H and O–H groups in total. The van der Waals surface area contributed by atoms with Gasteiger partial charge in [0.25, 0.3) is 0 Å². The zero-order chi connectivity index (χ0) is 15.5. The van der Waals surface area contributed by atoms with Crippen molar-refractivity contribution >= 4 is 0 Å². The quantitative estimate of drug-likeness (QED) is 0.613. The normalized spacial score (nSPS) is 10.9. The summed E-state index contributed by atoms with van der Waals surface area (Å²) in [5.41, 5.74) is 1.18. The minimum Gasteiger partial charge on any atom is -0.490 e. The first-order valence-electron chi connectivity index (χ1n) is 8.27. The minimum atomic E-state index is 0.661. The van der Waals surface area contributed by atoms with Crippen molar-refractivity contribution in [1.82, 2.24) is 5.32 Å². The Kier molecular flexibility index (Phi) is 8.91. The van der Waals surface area contributed by atoms with Crippen molar-refractivity contribution in [3.63, 3.8) is 0 Å². The lowest BCUT2D eigenvalue weighted by atomic mass is 10.1. The van der Waals surface area contributed by atoms with Gasteiger partial charge in [0.2, 0.25) is 0 Å². The molecular weight excluding hydrogens is 262 g/mol. The maximum atomic E-state index is 6.04. The number of para-hydroxylation sites is 1. The molecule has 0 aromatic heterocycles. The van der Waals surface area contributed by atoms with Gasteiger partial charge in [0.15, 0.2) is 11.5 Å². The average molecular weight is 293 g/mol. The lowest BCUT2D eigenvalue weighted by Crippen LogP contribution is -2.15. The molecule has 0 saturated heterocycles. The molecule has 0 radical (unpaired) electrons. The molecule has 0 fully saturated rings. The van der Waals surface area contributed by atoms with E-state index in [1.54, 1.807) is 0 Å². The van der Waals surface area contributed by atoms with Gasteiger partial charge in [-0.15, -0.1) is 0 Å². The maximum absolute atomic E-state index is 6.04. The number of hydrogen-bond donors (Lipinski definition) is 1. The van der Waals surface area contributed by atoms with Crippen molar-refractivity contribution < 1.29 is 9.47 Å². The average Bonchev–Trinajstić information content (AvgIpc) is 2.46. The fourth-order valence-electron chi connectivity index (χ4n) is 2.20. The second-order valence-corrected chi connectivity index (χ2v) is 5.74. The highest BCUT2D eigenvalue weighted by Gasteiger charge is 2.11. The highest BCUT2D eigenvalue weighted by atomic mass is 16.5. The first-order chi connectivity index (χ1) is 10.2. The summed E-state index contributed by atoms with van der Waals surface area (Å²) < 4.78 is 11.7. The maximum Gasteiger partial charge on any atom is 0.165 e. The topological polar surface area (TPSA) is 30.5 Å². The van der Waals surface area contributed by atoms with Crippen molar-refractivity contribution in [2.24, 2.45) is 5.92 Å². The highest BCUT2D eigenvalue weighted by Crippen LogP contribution is 2.31. The highest BCUT2D eigenvalue weighted by molar-refractivity contribution is 5.46. The molecule has 0 spiro atoms. The van der Waals surface area contributed by atoms with Crippen molar-refractivity contribution in [2.45, 2.75) is 53.5 Å². The molecule has 0 aliphatic rings. The van der Waals surface area contributed by atoms with Crippen LogP contribution in [0.1, 0.15) is 52.5 Å². The molecule has 0 amide bonds. The summed E-state index contributed by atoms with van der Waals surface area (Å²) in [6.45, 7) is 11.9. The Morgan fingerprint density at radius 3 is 2.62 bits per heavy atom. The van der Waals surface area contributed by atoms with E-state index in [1.807, 2.05) is 19.1 Å². The molecule has 3 heteroatoms. The monoisotopic (exact) mass is 293 g/mol. The summed E-state index contributed by atoms with van der Waals surface area (Å²) in [5, 5.41) is 3.43. The van der Waals surface area contributed by atoms with Crippen LogP contribution in [0.15, 0.2) is 18.2 Å². The van der Waals surface area contributed by atoms with Crippen LogP contribution in [0.2, 0.25) is 0 Å². The van der Waals surface area contributed by atoms with Gasteiger partial charge in [0.1, 0.15) is 0 Å². The van der Waals surface area contributed by atoms with Crippen LogP contribution in [0.5, 0.6) is 11.5 Å². The number of hydrogen-bond acceptors (Lipinski definition) is 3. The molecule has 0 atom stereocenters. The summed E-state index contributed by atoms with van der Waals surface area (Å²) in [5.74, 6) is 2.49. The SMILES string of the molecule is CCCNCc1cccc(OCC)c1OCCCC(C)C. The first-order valence-corrected chi connectivity index (χ1v) is 8.27. The van der Waals surface area contributed by atoms with Crippen LogP contribution in [-0.2, 0) is 6.54 Å². The van der Waals surface area contributed by atoms with Crippen LogP contribution < -0.4 is 14.8 Å². The fourth-order valence-corrected chi connectivity index (χ4v) is 2.20. The second-order valence-electron chi connectivity index (χ2n) is 5.74. The van der Waals surface area contributed by atoms with Crippen LogP contribution >= 0.6 is 0 Å². The standard InChI is InChI=1S/C18H31NO2/c1-5-12-19-14-16-10-7-11-17(20-6-2)18(16)21-13-8-9-15(3)4/h7,10-11,15,19H,5-6,8-9,12-14H2,1-4H3. The molecule has 0 bridgehead atoms. The molecule has 21 heavy (non-hydrogen) atoms. The van der Waals surface area contributed by atoms with E-state index >= 15 is 0 Å².